The van der Waals surface area contributed by atoms with E-state index in [0.29, 0.717) is 53.4 Å². The molecule has 0 saturated heterocycles. The molecule has 0 spiro atoms. The fraction of sp³-hybridized carbons (Fsp3) is 0.447. The molecule has 3 aromatic heterocycles. The van der Waals surface area contributed by atoms with E-state index in [2.05, 4.69) is 83.9 Å². The monoisotopic (exact) mass is 1950 g/mol. The first-order valence-corrected chi connectivity index (χ1v) is 51.9. The van der Waals surface area contributed by atoms with Crippen molar-refractivity contribution >= 4 is 130 Å². The molecule has 1 atom stereocenters. The Labute approximate surface area is 792 Å². The van der Waals surface area contributed by atoms with Gasteiger partial charge >= 0.3 is 36.4 Å². The van der Waals surface area contributed by atoms with Crippen LogP contribution in [0.4, 0.5) is 49.7 Å². The average Bonchev–Trinajstić information content (AvgIpc) is 1.30. The van der Waals surface area contributed by atoms with Crippen molar-refractivity contribution < 1.29 is 72.1 Å². The number of sulfonamides is 3. The van der Waals surface area contributed by atoms with E-state index in [1.54, 1.807) is 124 Å². The standard InChI is InChI=1S/2C31H41N5O5S2.C31H39N5O5S2.CH3FS/c3*1-20(2)41-30(38)35-23-13-11-22(12-14-23)28-32-19-26(42-28)25-16-15-24(17-27(25)43(39,40)36-31(3,4)5)34-29(37)33-18-21-9-7-6-8-10-21;1-3-2/h2*6-10,15-17,19-20,22-23,36H,11-14,18H2,1-5H3,(H,35,38)(H2,33,34,37);6-10,15-17,19-20,22-23,36H,1,11-14,18H2,2-5H3,(H2-,33,34,35,37,38);1H3/p+1. The molecule has 12 N–H and O–H groups in total. The van der Waals surface area contributed by atoms with E-state index >= 15 is 0 Å². The summed E-state index contributed by atoms with van der Waals surface area (Å²) in [6.45, 7) is 29.7. The van der Waals surface area contributed by atoms with Crippen LogP contribution in [0.1, 0.15) is 223 Å². The first kappa shape index (κ1) is 105. The number of hydrogen-bond donors (Lipinski definition) is 12. The van der Waals surface area contributed by atoms with Crippen molar-refractivity contribution in [1.29, 1.82) is 0 Å². The minimum Gasteiger partial charge on any atom is -0.447 e. The van der Waals surface area contributed by atoms with Gasteiger partial charge in [-0.2, -0.15) is 3.89 Å². The number of halogens is 1. The lowest BCUT2D eigenvalue weighted by molar-refractivity contribution is 0.108. The maximum atomic E-state index is 13.6. The highest BCUT2D eigenvalue weighted by atomic mass is 32.2. The van der Waals surface area contributed by atoms with Crippen LogP contribution >= 0.6 is 46.2 Å². The Morgan fingerprint density at radius 2 is 0.644 bits per heavy atom. The van der Waals surface area contributed by atoms with Crippen LogP contribution in [0.15, 0.2) is 179 Å². The van der Waals surface area contributed by atoms with Gasteiger partial charge in [-0.1, -0.05) is 109 Å². The molecule has 0 radical (unpaired) electrons. The second-order valence-electron chi connectivity index (χ2n) is 36.1. The zero-order valence-corrected chi connectivity index (χ0v) is 83.0. The van der Waals surface area contributed by atoms with E-state index in [4.69, 9.17) is 14.2 Å². The Kier molecular flexibility index (Phi) is 38.8. The Morgan fingerprint density at radius 1 is 0.402 bits per heavy atom. The Balaban J connectivity index is 0.000000219. The molecule has 38 heteroatoms. The number of urea groups is 3. The number of ether oxygens (including phenoxy) is 3. The number of rotatable bonds is 27. The van der Waals surface area contributed by atoms with Crippen molar-refractivity contribution in [2.75, 3.05) is 22.2 Å². The molecule has 6 aromatic carbocycles. The van der Waals surface area contributed by atoms with Crippen LogP contribution in [0.25, 0.3) is 31.3 Å². The highest BCUT2D eigenvalue weighted by Crippen LogP contribution is 2.44. The summed E-state index contributed by atoms with van der Waals surface area (Å²) in [6, 6.07) is 42.0. The second-order valence-corrected chi connectivity index (χ2v) is 44.6. The molecule has 714 valence electrons. The summed E-state index contributed by atoms with van der Waals surface area (Å²) in [5, 5.41) is 28.3. The molecule has 0 bridgehead atoms. The summed E-state index contributed by atoms with van der Waals surface area (Å²) in [6.07, 6.45) is 14.5. The van der Waals surface area contributed by atoms with Crippen LogP contribution < -0.4 is 62.0 Å². The minimum absolute atomic E-state index is 0.0343. The summed E-state index contributed by atoms with van der Waals surface area (Å²) in [7, 11) is -11.8. The number of benzene rings is 6. The summed E-state index contributed by atoms with van der Waals surface area (Å²) < 4.78 is 115. The Hall–Kier alpha value is -10.3. The van der Waals surface area contributed by atoms with Gasteiger partial charge < -0.3 is 62.1 Å². The van der Waals surface area contributed by atoms with Crippen molar-refractivity contribution in [3.8, 4) is 31.3 Å². The van der Waals surface area contributed by atoms with Crippen molar-refractivity contribution in [3.63, 3.8) is 0 Å². The Bertz CT molecular complexity index is 5100. The molecule has 9 aromatic rings. The van der Waals surface area contributed by atoms with Crippen LogP contribution in [0.3, 0.4) is 0 Å². The lowest BCUT2D eigenvalue weighted by Crippen LogP contribution is -2.40. The number of alkyl carbamates (subject to hydrolysis) is 3. The zero-order chi connectivity index (χ0) is 96.3. The third-order valence-corrected chi connectivity index (χ3v) is 29.3. The third-order valence-electron chi connectivity index (χ3n) is 20.4. The van der Waals surface area contributed by atoms with Crippen molar-refractivity contribution in [2.45, 2.75) is 279 Å². The van der Waals surface area contributed by atoms with Crippen LogP contribution in [-0.2, 0) is 63.9 Å². The van der Waals surface area contributed by atoms with Gasteiger partial charge in [0.25, 0.3) is 0 Å². The number of carbonyl (C=O) groups excluding carboxylic acids is 6. The second kappa shape index (κ2) is 48.6. The summed E-state index contributed by atoms with van der Waals surface area (Å²) >= 11 is 4.67. The van der Waals surface area contributed by atoms with Gasteiger partial charge in [0.2, 0.25) is 36.2 Å². The fourth-order valence-electron chi connectivity index (χ4n) is 14.8. The molecular weight excluding hydrogens is 1820 g/mol. The zero-order valence-electron chi connectivity index (χ0n) is 77.3. The first-order chi connectivity index (χ1) is 62.3. The fourth-order valence-corrected chi connectivity index (χ4v) is 23.4. The van der Waals surface area contributed by atoms with Gasteiger partial charge in [0.15, 0.2) is 0 Å². The molecule has 3 heterocycles. The number of aromatic nitrogens is 3. The molecule has 3 saturated carbocycles. The van der Waals surface area contributed by atoms with Gasteiger partial charge in [0.1, 0.15) is 6.92 Å². The van der Waals surface area contributed by atoms with E-state index in [9.17, 15) is 57.9 Å². The smallest absolute Gasteiger partial charge is 0.410 e. The van der Waals surface area contributed by atoms with Gasteiger partial charge in [-0.3, -0.25) is 0 Å². The lowest BCUT2D eigenvalue weighted by atomic mass is 9.86. The molecule has 3 aliphatic rings. The summed E-state index contributed by atoms with van der Waals surface area (Å²) in [5.74, 6) is 0.654. The number of amides is 9. The molecule has 12 rings (SSSR count). The van der Waals surface area contributed by atoms with Crippen LogP contribution in [-0.4, -0.2) is 136 Å². The molecule has 0 aliphatic heterocycles. The maximum Gasteiger partial charge on any atom is 0.410 e. The number of nitrogens with zero attached hydrogens (tertiary/aromatic N) is 3. The Morgan fingerprint density at radius 3 is 0.871 bits per heavy atom. The van der Waals surface area contributed by atoms with Crippen LogP contribution in [0.5, 0.6) is 0 Å². The summed E-state index contributed by atoms with van der Waals surface area (Å²) in [5.41, 5.74) is 3.32. The third kappa shape index (κ3) is 34.6. The number of nitrogens with one attached hydrogen (secondary N) is 12. The van der Waals surface area contributed by atoms with Crippen molar-refractivity contribution in [3.05, 3.63) is 203 Å². The first-order valence-electron chi connectivity index (χ1n) is 43.9. The van der Waals surface area contributed by atoms with E-state index in [1.165, 1.54) is 58.5 Å². The highest BCUT2D eigenvalue weighted by Gasteiger charge is 2.35. The predicted molar refractivity (Wildman–Crippen MR) is 523 cm³/mol. The van der Waals surface area contributed by atoms with Gasteiger partial charge in [-0.05, 0) is 220 Å². The topological polar surface area (TPSA) is 416 Å². The number of hydrogen-bond acceptors (Lipinski definition) is 22. The van der Waals surface area contributed by atoms with Crippen LogP contribution in [0, 0.1) is 6.92 Å². The molecule has 1 unspecified atom stereocenters. The van der Waals surface area contributed by atoms with Crippen molar-refractivity contribution in [1.82, 2.24) is 61.0 Å². The molecule has 9 amide bonds. The number of thiazole rings is 3. The minimum atomic E-state index is -3.95. The summed E-state index contributed by atoms with van der Waals surface area (Å²) in [4.78, 5) is 90.1. The molecule has 30 nitrogen and oxygen atoms in total. The lowest BCUT2D eigenvalue weighted by Gasteiger charge is -2.28. The van der Waals surface area contributed by atoms with E-state index in [0.717, 1.165) is 123 Å². The maximum absolute atomic E-state index is 13.6. The van der Waals surface area contributed by atoms with Gasteiger partial charge in [-0.25, -0.2) is 83.1 Å². The molecule has 132 heavy (non-hydrogen) atoms. The normalized spacial score (nSPS) is 17.3. The number of carbonyl (C=O) groups is 6. The molecule has 3 aliphatic carbocycles. The van der Waals surface area contributed by atoms with Gasteiger partial charge in [0, 0.05) is 150 Å². The van der Waals surface area contributed by atoms with Crippen LogP contribution in [0.2, 0.25) is 0 Å². The molecular formula is C94H125FN15O15S7+. The van der Waals surface area contributed by atoms with Crippen molar-refractivity contribution in [2.24, 2.45) is 0 Å². The largest absolute Gasteiger partial charge is 0.447 e. The van der Waals surface area contributed by atoms with E-state index in [1.807, 2.05) is 119 Å². The predicted octanol–water partition coefficient (Wildman–Crippen LogP) is 20.2. The SMILES string of the molecule is CC(C)OC(=O)NC1CCC(c2ncc(-c3ccc(NC(=O)NCc4ccccc4)cc3S(=O)(=O)NC(C)(C)C)s2)CC1.CC(C)OC(=O)NC1CCC(c2ncc(-c3ccc(NC(=O)NCc4ccccc4)cc3S(=O)(=O)NC(C)(C)C)s2)CC1.CSF.[CH2+]C(C)OC(=O)NC1CCC(c2ncc(-c3ccc(NC(=O)NCc4ccccc4)cc3S(=O)(=O)NC(C)(C)C)s2)CC1. The van der Waals surface area contributed by atoms with E-state index in [-0.39, 0.29) is 87.1 Å². The van der Waals surface area contributed by atoms with Gasteiger partial charge in [-0.15, -0.1) is 34.0 Å². The number of anilines is 3. The average molecular weight is 1950 g/mol. The quantitative estimate of drug-likeness (QED) is 0.0168. The molecule has 3 fully saturated rings. The van der Waals surface area contributed by atoms with E-state index < -0.39 is 77.0 Å². The van der Waals surface area contributed by atoms with Gasteiger partial charge in [0.05, 0.1) is 56.5 Å². The highest BCUT2D eigenvalue weighted by molar-refractivity contribution is 7.93.